The summed E-state index contributed by atoms with van der Waals surface area (Å²) in [5, 5.41) is 4.14. The van der Waals surface area contributed by atoms with Gasteiger partial charge in [-0.3, -0.25) is 15.2 Å². The van der Waals surface area contributed by atoms with Gasteiger partial charge in [-0.1, -0.05) is 36.4 Å². The number of fused-ring (bicyclic) bond motifs is 2. The number of benzene rings is 3. The average molecular weight is 449 g/mol. The minimum atomic E-state index is -0.330. The van der Waals surface area contributed by atoms with Crippen molar-refractivity contribution in [1.82, 2.24) is 20.3 Å². The molecule has 2 aromatic heterocycles. The number of hydrogen-bond donors (Lipinski definition) is 3. The lowest BCUT2D eigenvalue weighted by Crippen LogP contribution is -2.29. The lowest BCUT2D eigenvalue weighted by molar-refractivity contribution is 0.252. The number of aliphatic imine (C=N–C) groups is 1. The first-order valence-electron chi connectivity index (χ1n) is 11.4. The predicted octanol–water partition coefficient (Wildman–Crippen LogP) is 5.35. The summed E-state index contributed by atoms with van der Waals surface area (Å²) in [6.45, 7) is 0.640. The molecule has 1 atom stereocenters. The Hall–Kier alpha value is -4.39. The van der Waals surface area contributed by atoms with Crippen molar-refractivity contribution in [3.8, 4) is 0 Å². The van der Waals surface area contributed by atoms with E-state index in [1.165, 1.54) is 5.56 Å². The van der Waals surface area contributed by atoms with E-state index in [-0.39, 0.29) is 12.1 Å². The minimum absolute atomic E-state index is 0.181. The number of carbonyl (C=O) groups is 1. The molecule has 7 heteroatoms. The van der Waals surface area contributed by atoms with Gasteiger partial charge in [-0.15, -0.1) is 0 Å². The predicted molar refractivity (Wildman–Crippen MR) is 135 cm³/mol. The maximum absolute atomic E-state index is 13.2. The van der Waals surface area contributed by atoms with Gasteiger partial charge in [0.2, 0.25) is 0 Å². The van der Waals surface area contributed by atoms with Crippen molar-refractivity contribution in [3.63, 3.8) is 0 Å². The Balaban J connectivity index is 1.34. The number of aromatic nitrogens is 3. The van der Waals surface area contributed by atoms with Crippen LogP contribution in [0.5, 0.6) is 0 Å². The third-order valence-electron chi connectivity index (χ3n) is 6.29. The largest absolute Gasteiger partial charge is 0.361 e. The summed E-state index contributed by atoms with van der Waals surface area (Å²) < 4.78 is 0. The molecular formula is C27H24N6O. The summed E-state index contributed by atoms with van der Waals surface area (Å²) in [5.74, 6) is 0.678. The molecule has 1 fully saturated rings. The zero-order valence-electron chi connectivity index (χ0n) is 18.5. The van der Waals surface area contributed by atoms with Crippen LogP contribution in [0.15, 0.2) is 90.3 Å². The zero-order chi connectivity index (χ0) is 22.9. The Kier molecular flexibility index (Phi) is 5.07. The number of imidazole rings is 1. The van der Waals surface area contributed by atoms with Gasteiger partial charge in [0.25, 0.3) is 0 Å². The van der Waals surface area contributed by atoms with Gasteiger partial charge >= 0.3 is 6.03 Å². The quantitative estimate of drug-likeness (QED) is 0.306. The molecule has 3 aromatic carbocycles. The van der Waals surface area contributed by atoms with Gasteiger partial charge in [-0.05, 0) is 65.8 Å². The second kappa shape index (κ2) is 8.51. The highest BCUT2D eigenvalue weighted by atomic mass is 16.2. The van der Waals surface area contributed by atoms with Crippen molar-refractivity contribution in [2.24, 2.45) is 4.99 Å². The number of amides is 2. The Morgan fingerprint density at radius 2 is 1.85 bits per heavy atom. The molecule has 0 saturated carbocycles. The van der Waals surface area contributed by atoms with Crippen molar-refractivity contribution in [2.75, 3.05) is 11.4 Å². The summed E-state index contributed by atoms with van der Waals surface area (Å²) in [6.07, 6.45) is 5.45. The molecule has 1 saturated heterocycles. The van der Waals surface area contributed by atoms with Crippen molar-refractivity contribution in [3.05, 3.63) is 96.4 Å². The highest BCUT2D eigenvalue weighted by Crippen LogP contribution is 2.34. The third kappa shape index (κ3) is 3.71. The molecule has 0 bridgehead atoms. The van der Waals surface area contributed by atoms with E-state index >= 15 is 0 Å². The van der Waals surface area contributed by atoms with Crippen LogP contribution in [0.4, 0.5) is 10.5 Å². The van der Waals surface area contributed by atoms with E-state index < -0.39 is 0 Å². The molecule has 2 amide bonds. The molecule has 3 heterocycles. The first-order valence-corrected chi connectivity index (χ1v) is 11.4. The van der Waals surface area contributed by atoms with Crippen LogP contribution in [0.25, 0.3) is 21.9 Å². The van der Waals surface area contributed by atoms with Crippen LogP contribution in [-0.4, -0.2) is 33.4 Å². The topological polar surface area (TPSA) is 89.2 Å². The highest BCUT2D eigenvalue weighted by Gasteiger charge is 2.39. The normalized spacial score (nSPS) is 17.2. The molecule has 0 radical (unpaired) electrons. The van der Waals surface area contributed by atoms with Gasteiger partial charge in [0.15, 0.2) is 0 Å². The summed E-state index contributed by atoms with van der Waals surface area (Å²) in [6, 6.07) is 24.0. The van der Waals surface area contributed by atoms with Gasteiger partial charge in [0.1, 0.15) is 11.9 Å². The number of amidine groups is 1. The fourth-order valence-corrected chi connectivity index (χ4v) is 4.62. The summed E-state index contributed by atoms with van der Waals surface area (Å²) in [5.41, 5.74) is 5.91. The maximum atomic E-state index is 13.2. The van der Waals surface area contributed by atoms with Crippen LogP contribution in [-0.2, 0) is 6.42 Å². The Labute approximate surface area is 196 Å². The molecule has 1 aliphatic heterocycles. The van der Waals surface area contributed by atoms with Gasteiger partial charge in [0.05, 0.1) is 17.4 Å². The molecule has 0 aliphatic carbocycles. The standard InChI is InChI=1S/C27H24N6O/c34-27-32-26(29-13-4-7-18-5-2-1-3-6-18)25(20-8-10-22-19(15-20)12-14-28-22)33(27)21-9-11-23-24(16-21)31-17-30-23/h1-3,5-6,8-12,14-17,25,28H,4,7,13H2,(H,30,31)(H,29,32,34). The number of aryl methyl sites for hydroxylation is 1. The Bertz CT molecular complexity index is 1500. The molecule has 7 nitrogen and oxygen atoms in total. The summed E-state index contributed by atoms with van der Waals surface area (Å²) in [4.78, 5) is 30.5. The second-order valence-corrected chi connectivity index (χ2v) is 8.49. The number of carbonyl (C=O) groups excluding carboxylic acids is 1. The van der Waals surface area contributed by atoms with Crippen LogP contribution < -0.4 is 10.2 Å². The molecule has 3 N–H and O–H groups in total. The van der Waals surface area contributed by atoms with E-state index in [1.807, 2.05) is 36.5 Å². The van der Waals surface area contributed by atoms with Crippen LogP contribution in [0.1, 0.15) is 23.6 Å². The molecule has 1 unspecified atom stereocenters. The number of urea groups is 1. The summed E-state index contributed by atoms with van der Waals surface area (Å²) >= 11 is 0. The molecule has 168 valence electrons. The average Bonchev–Trinajstić information content (AvgIpc) is 3.59. The van der Waals surface area contributed by atoms with Gasteiger partial charge in [-0.2, -0.15) is 0 Å². The van der Waals surface area contributed by atoms with Crippen molar-refractivity contribution in [2.45, 2.75) is 18.9 Å². The fraction of sp³-hybridized carbons (Fsp3) is 0.148. The minimum Gasteiger partial charge on any atom is -0.361 e. The molecule has 0 spiro atoms. The van der Waals surface area contributed by atoms with E-state index in [2.05, 4.69) is 62.7 Å². The third-order valence-corrected chi connectivity index (χ3v) is 6.29. The first kappa shape index (κ1) is 20.2. The molecule has 1 aliphatic rings. The second-order valence-electron chi connectivity index (χ2n) is 8.49. The molecular weight excluding hydrogens is 424 g/mol. The van der Waals surface area contributed by atoms with E-state index in [0.29, 0.717) is 12.4 Å². The number of anilines is 1. The SMILES string of the molecule is O=C1NC(=NCCCc2ccccc2)C(c2ccc3[nH]ccc3c2)N1c1ccc2nc[nH]c2c1. The lowest BCUT2D eigenvalue weighted by atomic mass is 10.0. The van der Waals surface area contributed by atoms with Crippen molar-refractivity contribution >= 4 is 39.5 Å². The summed E-state index contributed by atoms with van der Waals surface area (Å²) in [7, 11) is 0. The smallest absolute Gasteiger partial charge is 0.328 e. The van der Waals surface area contributed by atoms with E-state index in [0.717, 1.165) is 46.0 Å². The van der Waals surface area contributed by atoms with Gasteiger partial charge < -0.3 is 9.97 Å². The molecule has 5 aromatic rings. The van der Waals surface area contributed by atoms with Crippen LogP contribution >= 0.6 is 0 Å². The van der Waals surface area contributed by atoms with Crippen LogP contribution in [0.2, 0.25) is 0 Å². The number of nitrogens with zero attached hydrogens (tertiary/aromatic N) is 3. The maximum Gasteiger partial charge on any atom is 0.328 e. The first-order chi connectivity index (χ1) is 16.8. The van der Waals surface area contributed by atoms with E-state index in [4.69, 9.17) is 4.99 Å². The molecule has 6 rings (SSSR count). The van der Waals surface area contributed by atoms with Gasteiger partial charge in [0, 0.05) is 23.9 Å². The number of rotatable bonds is 6. The monoisotopic (exact) mass is 448 g/mol. The lowest BCUT2D eigenvalue weighted by Gasteiger charge is -2.23. The van der Waals surface area contributed by atoms with Crippen molar-refractivity contribution < 1.29 is 4.79 Å². The Morgan fingerprint density at radius 1 is 0.941 bits per heavy atom. The van der Waals surface area contributed by atoms with Gasteiger partial charge in [-0.25, -0.2) is 9.78 Å². The zero-order valence-corrected chi connectivity index (χ0v) is 18.5. The fourth-order valence-electron chi connectivity index (χ4n) is 4.62. The van der Waals surface area contributed by atoms with Crippen molar-refractivity contribution in [1.29, 1.82) is 0 Å². The van der Waals surface area contributed by atoms with E-state index in [9.17, 15) is 4.79 Å². The number of hydrogen-bond acceptors (Lipinski definition) is 3. The van der Waals surface area contributed by atoms with Crippen LogP contribution in [0.3, 0.4) is 0 Å². The number of nitrogens with one attached hydrogen (secondary N) is 3. The van der Waals surface area contributed by atoms with E-state index in [1.54, 1.807) is 11.2 Å². The number of H-pyrrole nitrogens is 2. The number of aromatic amines is 2. The van der Waals surface area contributed by atoms with Crippen LogP contribution in [0, 0.1) is 0 Å². The highest BCUT2D eigenvalue weighted by molar-refractivity contribution is 6.17. The Morgan fingerprint density at radius 3 is 2.76 bits per heavy atom. The molecule has 34 heavy (non-hydrogen) atoms.